The number of para-hydroxylation sites is 1. The van der Waals surface area contributed by atoms with Crippen LogP contribution in [0.2, 0.25) is 0 Å². The monoisotopic (exact) mass is 382 g/mol. The van der Waals surface area contributed by atoms with Crippen LogP contribution in [0.5, 0.6) is 0 Å². The number of aryl methyl sites for hydroxylation is 2. The van der Waals surface area contributed by atoms with Gasteiger partial charge < -0.3 is 5.32 Å². The van der Waals surface area contributed by atoms with Crippen LogP contribution in [0.15, 0.2) is 65.8 Å². The lowest BCUT2D eigenvalue weighted by atomic mass is 10.2. The third kappa shape index (κ3) is 4.48. The Bertz CT molecular complexity index is 1060. The molecule has 7 nitrogen and oxygen atoms in total. The van der Waals surface area contributed by atoms with Crippen molar-refractivity contribution >= 4 is 27.6 Å². The van der Waals surface area contributed by atoms with Gasteiger partial charge in [-0.05, 0) is 37.6 Å². The summed E-state index contributed by atoms with van der Waals surface area (Å²) in [6.45, 7) is 3.75. The molecule has 0 radical (unpaired) electrons. The molecule has 138 valence electrons. The number of nitrogens with one attached hydrogen (secondary N) is 2. The summed E-state index contributed by atoms with van der Waals surface area (Å²) < 4.78 is 27.0. The third-order valence-electron chi connectivity index (χ3n) is 3.86. The fraction of sp³-hybridized carbons (Fsp3) is 0.105. The second kappa shape index (κ2) is 7.55. The molecule has 0 unspecified atom stereocenters. The largest absolute Gasteiger partial charge is 0.322 e. The summed E-state index contributed by atoms with van der Waals surface area (Å²) in [5.74, 6) is -0.486. The topological polar surface area (TPSA) is 101 Å². The van der Waals surface area contributed by atoms with E-state index in [1.54, 1.807) is 18.2 Å². The molecular formula is C19H18N4O3S. The Kier molecular flexibility index (Phi) is 5.18. The van der Waals surface area contributed by atoms with E-state index >= 15 is 0 Å². The molecule has 2 aromatic carbocycles. The van der Waals surface area contributed by atoms with Crippen molar-refractivity contribution < 1.29 is 13.2 Å². The average Bonchev–Trinajstić information content (AvgIpc) is 2.64. The number of nitrogens with zero attached hydrogens (tertiary/aromatic N) is 2. The number of benzene rings is 2. The molecule has 3 aromatic rings. The van der Waals surface area contributed by atoms with Crippen molar-refractivity contribution in [2.75, 3.05) is 10.0 Å². The number of aromatic nitrogens is 2. The van der Waals surface area contributed by atoms with Crippen molar-refractivity contribution in [1.29, 1.82) is 0 Å². The summed E-state index contributed by atoms with van der Waals surface area (Å²) in [5, 5.41) is 2.77. The SMILES string of the molecule is Cc1ccc(S(=O)(=O)Nc2ncc(C(=O)Nc3ccccc3C)cn2)cc1. The van der Waals surface area contributed by atoms with Gasteiger partial charge in [-0.15, -0.1) is 0 Å². The van der Waals surface area contributed by atoms with Gasteiger partial charge in [0.25, 0.3) is 15.9 Å². The number of hydrogen-bond donors (Lipinski definition) is 2. The van der Waals surface area contributed by atoms with Gasteiger partial charge in [0.2, 0.25) is 5.95 Å². The van der Waals surface area contributed by atoms with Gasteiger partial charge in [0, 0.05) is 18.1 Å². The second-order valence-corrected chi connectivity index (χ2v) is 7.67. The van der Waals surface area contributed by atoms with E-state index in [0.29, 0.717) is 5.69 Å². The third-order valence-corrected chi connectivity index (χ3v) is 5.21. The zero-order chi connectivity index (χ0) is 19.4. The van der Waals surface area contributed by atoms with E-state index in [9.17, 15) is 13.2 Å². The van der Waals surface area contributed by atoms with Crippen LogP contribution in [0.25, 0.3) is 0 Å². The van der Waals surface area contributed by atoms with E-state index in [0.717, 1.165) is 11.1 Å². The molecule has 3 rings (SSSR count). The first-order valence-corrected chi connectivity index (χ1v) is 9.62. The van der Waals surface area contributed by atoms with E-state index in [2.05, 4.69) is 20.0 Å². The summed E-state index contributed by atoms with van der Waals surface area (Å²) in [5.41, 5.74) is 2.78. The summed E-state index contributed by atoms with van der Waals surface area (Å²) >= 11 is 0. The van der Waals surface area contributed by atoms with Gasteiger partial charge in [-0.3, -0.25) is 4.79 Å². The van der Waals surface area contributed by atoms with Gasteiger partial charge >= 0.3 is 0 Å². The molecule has 0 fully saturated rings. The first-order chi connectivity index (χ1) is 12.8. The highest BCUT2D eigenvalue weighted by atomic mass is 32.2. The van der Waals surface area contributed by atoms with Crippen molar-refractivity contribution in [2.24, 2.45) is 0 Å². The zero-order valence-electron chi connectivity index (χ0n) is 14.8. The van der Waals surface area contributed by atoms with Gasteiger partial charge in [-0.1, -0.05) is 35.9 Å². The molecule has 0 aliphatic heterocycles. The smallest absolute Gasteiger partial charge is 0.264 e. The first kappa shape index (κ1) is 18.5. The van der Waals surface area contributed by atoms with Gasteiger partial charge in [0.05, 0.1) is 10.5 Å². The highest BCUT2D eigenvalue weighted by molar-refractivity contribution is 7.92. The Morgan fingerprint density at radius 2 is 1.56 bits per heavy atom. The lowest BCUT2D eigenvalue weighted by Gasteiger charge is -2.09. The molecule has 0 aliphatic carbocycles. The average molecular weight is 382 g/mol. The van der Waals surface area contributed by atoms with Crippen molar-refractivity contribution in [3.8, 4) is 0 Å². The Morgan fingerprint density at radius 3 is 2.19 bits per heavy atom. The lowest BCUT2D eigenvalue weighted by molar-refractivity contribution is 0.102. The molecule has 27 heavy (non-hydrogen) atoms. The summed E-state index contributed by atoms with van der Waals surface area (Å²) in [7, 11) is -3.79. The molecule has 0 aliphatic rings. The summed E-state index contributed by atoms with van der Waals surface area (Å²) in [6, 6.07) is 13.8. The van der Waals surface area contributed by atoms with Crippen molar-refractivity contribution in [1.82, 2.24) is 9.97 Å². The molecule has 2 N–H and O–H groups in total. The number of rotatable bonds is 5. The quantitative estimate of drug-likeness (QED) is 0.706. The predicted octanol–water partition coefficient (Wildman–Crippen LogP) is 3.15. The number of carbonyl (C=O) groups is 1. The Morgan fingerprint density at radius 1 is 0.926 bits per heavy atom. The molecule has 0 atom stereocenters. The number of anilines is 2. The normalized spacial score (nSPS) is 11.0. The number of sulfonamides is 1. The maximum absolute atomic E-state index is 12.3. The van der Waals surface area contributed by atoms with Gasteiger partial charge in [-0.2, -0.15) is 0 Å². The molecule has 8 heteroatoms. The van der Waals surface area contributed by atoms with Crippen LogP contribution in [0.1, 0.15) is 21.5 Å². The predicted molar refractivity (Wildman–Crippen MR) is 103 cm³/mol. The van der Waals surface area contributed by atoms with Gasteiger partial charge in [0.15, 0.2) is 0 Å². The fourth-order valence-corrected chi connectivity index (χ4v) is 3.26. The van der Waals surface area contributed by atoms with Crippen LogP contribution in [-0.2, 0) is 10.0 Å². The molecule has 0 saturated carbocycles. The highest BCUT2D eigenvalue weighted by Gasteiger charge is 2.16. The maximum Gasteiger partial charge on any atom is 0.264 e. The van der Waals surface area contributed by atoms with Gasteiger partial charge in [-0.25, -0.2) is 23.1 Å². The molecule has 1 amide bonds. The van der Waals surface area contributed by atoms with Crippen molar-refractivity contribution in [3.05, 3.63) is 77.6 Å². The fourth-order valence-electron chi connectivity index (χ4n) is 2.30. The Labute approximate surface area is 157 Å². The minimum atomic E-state index is -3.79. The summed E-state index contributed by atoms with van der Waals surface area (Å²) in [4.78, 5) is 20.3. The minimum absolute atomic E-state index is 0.108. The number of hydrogen-bond acceptors (Lipinski definition) is 5. The number of carbonyl (C=O) groups excluding carboxylic acids is 1. The molecule has 1 heterocycles. The van der Waals surface area contributed by atoms with Crippen molar-refractivity contribution in [2.45, 2.75) is 18.7 Å². The second-order valence-electron chi connectivity index (χ2n) is 5.98. The first-order valence-electron chi connectivity index (χ1n) is 8.14. The van der Waals surface area contributed by atoms with E-state index in [4.69, 9.17) is 0 Å². The Hall–Kier alpha value is -3.26. The number of amides is 1. The standard InChI is InChI=1S/C19H18N4O3S/c1-13-7-9-16(10-8-13)27(25,26)23-19-20-11-15(12-21-19)18(24)22-17-6-4-3-5-14(17)2/h3-12H,1-2H3,(H,22,24)(H,20,21,23). The van der Waals surface area contributed by atoms with Crippen LogP contribution >= 0.6 is 0 Å². The van der Waals surface area contributed by atoms with Crippen molar-refractivity contribution in [3.63, 3.8) is 0 Å². The maximum atomic E-state index is 12.3. The lowest BCUT2D eigenvalue weighted by Crippen LogP contribution is -2.17. The van der Waals surface area contributed by atoms with Crippen LogP contribution < -0.4 is 10.0 Å². The van der Waals surface area contributed by atoms with Crippen LogP contribution in [0.3, 0.4) is 0 Å². The highest BCUT2D eigenvalue weighted by Crippen LogP contribution is 2.16. The van der Waals surface area contributed by atoms with Gasteiger partial charge in [0.1, 0.15) is 0 Å². The molecule has 1 aromatic heterocycles. The van der Waals surface area contributed by atoms with E-state index in [1.165, 1.54) is 24.5 Å². The van der Waals surface area contributed by atoms with Crippen LogP contribution in [0.4, 0.5) is 11.6 Å². The van der Waals surface area contributed by atoms with Crippen LogP contribution in [0, 0.1) is 13.8 Å². The molecule has 0 spiro atoms. The van der Waals surface area contributed by atoms with E-state index in [-0.39, 0.29) is 22.3 Å². The molecule has 0 bridgehead atoms. The van der Waals surface area contributed by atoms with E-state index in [1.807, 2.05) is 32.0 Å². The zero-order valence-corrected chi connectivity index (χ0v) is 15.6. The minimum Gasteiger partial charge on any atom is -0.322 e. The molecule has 0 saturated heterocycles. The Balaban J connectivity index is 1.72. The molecular weight excluding hydrogens is 364 g/mol. The van der Waals surface area contributed by atoms with E-state index < -0.39 is 10.0 Å². The van der Waals surface area contributed by atoms with Crippen LogP contribution in [-0.4, -0.2) is 24.3 Å². The summed E-state index contributed by atoms with van der Waals surface area (Å²) in [6.07, 6.45) is 2.54.